The number of aromatic nitrogens is 2. The minimum absolute atomic E-state index is 0.126. The number of anilines is 2. The second-order valence-electron chi connectivity index (χ2n) is 7.26. The molecule has 8 nitrogen and oxygen atoms in total. The third kappa shape index (κ3) is 6.42. The highest BCUT2D eigenvalue weighted by molar-refractivity contribution is 6.30. The molecule has 0 unspecified atom stereocenters. The minimum atomic E-state index is -1.00. The first kappa shape index (κ1) is 23.0. The molecule has 3 aromatic rings. The van der Waals surface area contributed by atoms with Crippen molar-refractivity contribution in [3.63, 3.8) is 0 Å². The van der Waals surface area contributed by atoms with Gasteiger partial charge in [-0.3, -0.25) is 10.1 Å². The highest BCUT2D eigenvalue weighted by atomic mass is 35.5. The van der Waals surface area contributed by atoms with E-state index in [0.717, 1.165) is 11.1 Å². The number of amides is 1. The molecule has 2 aromatic carbocycles. The molecule has 0 bridgehead atoms. The van der Waals surface area contributed by atoms with Crippen LogP contribution in [-0.4, -0.2) is 41.2 Å². The fraction of sp³-hybridized carbons (Fsp3) is 0.217. The molecule has 0 spiro atoms. The summed E-state index contributed by atoms with van der Waals surface area (Å²) in [6.45, 7) is 0.189. The first-order chi connectivity index (χ1) is 15.3. The summed E-state index contributed by atoms with van der Waals surface area (Å²) in [6.07, 6.45) is -0.402. The second-order valence-corrected chi connectivity index (χ2v) is 7.62. The van der Waals surface area contributed by atoms with Crippen molar-refractivity contribution >= 4 is 35.2 Å². The highest BCUT2D eigenvalue weighted by Gasteiger charge is 2.17. The van der Waals surface area contributed by atoms with Gasteiger partial charge in [0.2, 0.25) is 0 Å². The van der Waals surface area contributed by atoms with Crippen LogP contribution in [0.3, 0.4) is 0 Å². The van der Waals surface area contributed by atoms with Gasteiger partial charge < -0.3 is 14.7 Å². The lowest BCUT2D eigenvalue weighted by atomic mass is 10.1. The Hall–Kier alpha value is -3.65. The van der Waals surface area contributed by atoms with Crippen molar-refractivity contribution in [2.75, 3.05) is 24.3 Å². The van der Waals surface area contributed by atoms with Crippen molar-refractivity contribution in [1.82, 2.24) is 9.97 Å². The Morgan fingerprint density at radius 3 is 2.34 bits per heavy atom. The van der Waals surface area contributed by atoms with E-state index in [1.54, 1.807) is 31.1 Å². The van der Waals surface area contributed by atoms with Crippen LogP contribution < -0.4 is 10.2 Å². The topological polar surface area (TPSA) is 105 Å². The summed E-state index contributed by atoms with van der Waals surface area (Å²) in [5.74, 6) is -0.0607. The third-order valence-corrected chi connectivity index (χ3v) is 4.82. The average Bonchev–Trinajstić information content (AvgIpc) is 2.75. The van der Waals surface area contributed by atoms with Gasteiger partial charge in [0.15, 0.2) is 0 Å². The standard InChI is InChI=1S/C23H23ClN4O4/c1-28(2)22-18(13-20(29)30)21(24)26-19(27-22)12-15-8-10-17(11-9-15)25-23(31)32-14-16-6-4-3-5-7-16/h3-11H,12-14H2,1-2H3,(H,25,31)(H,29,30). The van der Waals surface area contributed by atoms with Crippen molar-refractivity contribution in [3.8, 4) is 0 Å². The molecule has 166 valence electrons. The largest absolute Gasteiger partial charge is 0.481 e. The van der Waals surface area contributed by atoms with Crippen molar-refractivity contribution in [2.24, 2.45) is 0 Å². The van der Waals surface area contributed by atoms with E-state index in [9.17, 15) is 9.59 Å². The maximum absolute atomic E-state index is 12.0. The molecule has 9 heteroatoms. The van der Waals surface area contributed by atoms with Crippen LogP contribution in [-0.2, 0) is 29.0 Å². The van der Waals surface area contributed by atoms with E-state index in [2.05, 4.69) is 15.3 Å². The molecule has 0 aliphatic heterocycles. The monoisotopic (exact) mass is 454 g/mol. The molecule has 0 saturated heterocycles. The van der Waals surface area contributed by atoms with E-state index in [0.29, 0.717) is 29.3 Å². The number of ether oxygens (including phenoxy) is 1. The van der Waals surface area contributed by atoms with E-state index in [-0.39, 0.29) is 18.2 Å². The summed E-state index contributed by atoms with van der Waals surface area (Å²) < 4.78 is 5.21. The van der Waals surface area contributed by atoms with Gasteiger partial charge in [-0.15, -0.1) is 0 Å². The van der Waals surface area contributed by atoms with Crippen molar-refractivity contribution in [1.29, 1.82) is 0 Å². The number of carbonyl (C=O) groups excluding carboxylic acids is 1. The summed E-state index contributed by atoms with van der Waals surface area (Å²) in [5, 5.41) is 11.9. The Kier molecular flexibility index (Phi) is 7.62. The van der Waals surface area contributed by atoms with Gasteiger partial charge in [0.25, 0.3) is 0 Å². The number of halogens is 1. The second kappa shape index (κ2) is 10.6. The Morgan fingerprint density at radius 1 is 1.03 bits per heavy atom. The molecule has 2 N–H and O–H groups in total. The zero-order valence-corrected chi connectivity index (χ0v) is 18.5. The summed E-state index contributed by atoms with van der Waals surface area (Å²) in [5.41, 5.74) is 2.78. The molecule has 0 atom stereocenters. The molecule has 1 amide bonds. The average molecular weight is 455 g/mol. The van der Waals surface area contributed by atoms with Gasteiger partial charge >= 0.3 is 12.1 Å². The van der Waals surface area contributed by atoms with E-state index in [1.165, 1.54) is 0 Å². The van der Waals surface area contributed by atoms with Gasteiger partial charge in [-0.05, 0) is 23.3 Å². The fourth-order valence-corrected chi connectivity index (χ4v) is 3.25. The van der Waals surface area contributed by atoms with Gasteiger partial charge in [-0.25, -0.2) is 14.8 Å². The SMILES string of the molecule is CN(C)c1nc(Cc2ccc(NC(=O)OCc3ccccc3)cc2)nc(Cl)c1CC(=O)O. The molecule has 0 radical (unpaired) electrons. The Bertz CT molecular complexity index is 1090. The van der Waals surface area contributed by atoms with Crippen LogP contribution in [0.15, 0.2) is 54.6 Å². The van der Waals surface area contributed by atoms with Crippen LogP contribution in [0.5, 0.6) is 0 Å². The number of nitrogens with one attached hydrogen (secondary N) is 1. The van der Waals surface area contributed by atoms with Gasteiger partial charge in [-0.2, -0.15) is 0 Å². The van der Waals surface area contributed by atoms with Crippen molar-refractivity contribution in [3.05, 3.63) is 82.3 Å². The van der Waals surface area contributed by atoms with Crippen molar-refractivity contribution in [2.45, 2.75) is 19.4 Å². The molecule has 1 aromatic heterocycles. The predicted octanol–water partition coefficient (Wildman–Crippen LogP) is 4.16. The number of hydrogen-bond acceptors (Lipinski definition) is 6. The lowest BCUT2D eigenvalue weighted by Gasteiger charge is -2.17. The number of carbonyl (C=O) groups is 2. The molecule has 0 aliphatic rings. The van der Waals surface area contributed by atoms with Gasteiger partial charge in [0.05, 0.1) is 6.42 Å². The zero-order valence-electron chi connectivity index (χ0n) is 17.7. The van der Waals surface area contributed by atoms with Crippen LogP contribution in [0.25, 0.3) is 0 Å². The van der Waals surface area contributed by atoms with Gasteiger partial charge in [0.1, 0.15) is 23.4 Å². The quantitative estimate of drug-likeness (QED) is 0.492. The Balaban J connectivity index is 1.64. The maximum atomic E-state index is 12.0. The highest BCUT2D eigenvalue weighted by Crippen LogP contribution is 2.25. The number of benzene rings is 2. The number of nitrogens with zero attached hydrogens (tertiary/aromatic N) is 3. The first-order valence-electron chi connectivity index (χ1n) is 9.83. The maximum Gasteiger partial charge on any atom is 0.411 e. The van der Waals surface area contributed by atoms with E-state index in [1.807, 2.05) is 42.5 Å². The molecular formula is C23H23ClN4O4. The molecule has 1 heterocycles. The Labute approximate surface area is 190 Å². The minimum Gasteiger partial charge on any atom is -0.481 e. The van der Waals surface area contributed by atoms with Crippen molar-refractivity contribution < 1.29 is 19.4 Å². The lowest BCUT2D eigenvalue weighted by molar-refractivity contribution is -0.136. The number of carboxylic acid groups (broad SMARTS) is 1. The Morgan fingerprint density at radius 2 is 1.72 bits per heavy atom. The normalized spacial score (nSPS) is 10.5. The zero-order chi connectivity index (χ0) is 23.1. The fourth-order valence-electron chi connectivity index (χ4n) is 3.01. The number of rotatable bonds is 8. The lowest BCUT2D eigenvalue weighted by Crippen LogP contribution is -2.18. The molecular weight excluding hydrogens is 432 g/mol. The van der Waals surface area contributed by atoms with E-state index in [4.69, 9.17) is 21.4 Å². The predicted molar refractivity (Wildman–Crippen MR) is 122 cm³/mol. The first-order valence-corrected chi connectivity index (χ1v) is 10.2. The van der Waals surface area contributed by atoms with Crippen LogP contribution in [0, 0.1) is 0 Å². The smallest absolute Gasteiger partial charge is 0.411 e. The summed E-state index contributed by atoms with van der Waals surface area (Å²) in [4.78, 5) is 33.6. The number of carboxylic acids is 1. The van der Waals surface area contributed by atoms with E-state index < -0.39 is 12.1 Å². The van der Waals surface area contributed by atoms with Gasteiger partial charge in [0, 0.05) is 31.8 Å². The van der Waals surface area contributed by atoms with Gasteiger partial charge in [-0.1, -0.05) is 54.1 Å². The molecule has 3 rings (SSSR count). The van der Waals surface area contributed by atoms with Crippen LogP contribution in [0.2, 0.25) is 5.15 Å². The summed E-state index contributed by atoms with van der Waals surface area (Å²) in [7, 11) is 3.54. The van der Waals surface area contributed by atoms with E-state index >= 15 is 0 Å². The molecule has 0 aliphatic carbocycles. The van der Waals surface area contributed by atoms with Crippen LogP contribution in [0.1, 0.15) is 22.5 Å². The van der Waals surface area contributed by atoms with Crippen LogP contribution >= 0.6 is 11.6 Å². The number of hydrogen-bond donors (Lipinski definition) is 2. The van der Waals surface area contributed by atoms with Crippen LogP contribution in [0.4, 0.5) is 16.3 Å². The molecule has 0 fully saturated rings. The molecule has 0 saturated carbocycles. The number of aliphatic carboxylic acids is 1. The molecule has 32 heavy (non-hydrogen) atoms. The summed E-state index contributed by atoms with van der Waals surface area (Å²) >= 11 is 6.24. The summed E-state index contributed by atoms with van der Waals surface area (Å²) in [6, 6.07) is 16.6. The third-order valence-electron chi connectivity index (χ3n) is 4.51.